The van der Waals surface area contributed by atoms with E-state index in [1.807, 2.05) is 0 Å². The molecule has 1 fully saturated rings. The molecule has 0 saturated heterocycles. The minimum atomic E-state index is -0.436. The molecule has 5 heteroatoms. The Bertz CT molecular complexity index is 397. The molecule has 1 heterocycles. The van der Waals surface area contributed by atoms with Gasteiger partial charge in [-0.25, -0.2) is 4.98 Å². The van der Waals surface area contributed by atoms with Gasteiger partial charge in [0.25, 0.3) is 0 Å². The van der Waals surface area contributed by atoms with Gasteiger partial charge in [-0.2, -0.15) is 0 Å². The van der Waals surface area contributed by atoms with Crippen molar-refractivity contribution in [3.63, 3.8) is 0 Å². The highest BCUT2D eigenvalue weighted by molar-refractivity contribution is 5.79. The van der Waals surface area contributed by atoms with E-state index >= 15 is 0 Å². The zero-order valence-electron chi connectivity index (χ0n) is 9.93. The number of nitrogens with zero attached hydrogens (tertiary/aromatic N) is 1. The summed E-state index contributed by atoms with van der Waals surface area (Å²) >= 11 is 0. The first-order valence-corrected chi connectivity index (χ1v) is 5.41. The molecule has 0 atom stereocenters. The first kappa shape index (κ1) is 11.7. The van der Waals surface area contributed by atoms with Crippen molar-refractivity contribution in [3.8, 4) is 11.6 Å². The molecule has 1 aromatic rings. The molecule has 0 amide bonds. The first-order valence-electron chi connectivity index (χ1n) is 5.41. The molecule has 0 aromatic carbocycles. The van der Waals surface area contributed by atoms with Crippen LogP contribution >= 0.6 is 0 Å². The van der Waals surface area contributed by atoms with E-state index < -0.39 is 5.41 Å². The summed E-state index contributed by atoms with van der Waals surface area (Å²) in [5, 5.41) is 0. The van der Waals surface area contributed by atoms with Gasteiger partial charge in [-0.3, -0.25) is 4.79 Å². The molecule has 2 rings (SSSR count). The Kier molecular flexibility index (Phi) is 3.17. The predicted molar refractivity (Wildman–Crippen MR) is 60.0 cm³/mol. The lowest BCUT2D eigenvalue weighted by molar-refractivity contribution is -0.148. The Balaban J connectivity index is 1.91. The number of carbonyl (C=O) groups excluding carboxylic acids is 1. The summed E-state index contributed by atoms with van der Waals surface area (Å²) in [6.07, 6.45) is 3.22. The van der Waals surface area contributed by atoms with Gasteiger partial charge in [-0.15, -0.1) is 0 Å². The fraction of sp³-hybridized carbons (Fsp3) is 0.500. The van der Waals surface area contributed by atoms with Crippen molar-refractivity contribution >= 4 is 5.97 Å². The molecule has 1 aromatic heterocycles. The summed E-state index contributed by atoms with van der Waals surface area (Å²) in [7, 11) is 2.96. The van der Waals surface area contributed by atoms with Gasteiger partial charge in [0.1, 0.15) is 17.8 Å². The van der Waals surface area contributed by atoms with Crippen LogP contribution in [0.25, 0.3) is 0 Å². The lowest BCUT2D eigenvalue weighted by Crippen LogP contribution is -2.24. The van der Waals surface area contributed by atoms with E-state index in [2.05, 4.69) is 4.98 Å². The van der Waals surface area contributed by atoms with Gasteiger partial charge in [0.05, 0.1) is 20.4 Å². The summed E-state index contributed by atoms with van der Waals surface area (Å²) in [6.45, 7) is 0.341. The molecule has 0 unspecified atom stereocenters. The minimum absolute atomic E-state index is 0.195. The van der Waals surface area contributed by atoms with Crippen molar-refractivity contribution in [3.05, 3.63) is 18.3 Å². The number of esters is 1. The van der Waals surface area contributed by atoms with Gasteiger partial charge in [-0.05, 0) is 18.9 Å². The lowest BCUT2D eigenvalue weighted by atomic mass is 10.1. The van der Waals surface area contributed by atoms with Crippen LogP contribution < -0.4 is 9.47 Å². The molecule has 0 spiro atoms. The Morgan fingerprint density at radius 3 is 2.65 bits per heavy atom. The Hall–Kier alpha value is -1.78. The van der Waals surface area contributed by atoms with Crippen LogP contribution in [0.2, 0.25) is 0 Å². The van der Waals surface area contributed by atoms with Crippen LogP contribution in [0.1, 0.15) is 12.8 Å². The molecule has 17 heavy (non-hydrogen) atoms. The second-order valence-corrected chi connectivity index (χ2v) is 4.10. The van der Waals surface area contributed by atoms with Crippen LogP contribution in [0.5, 0.6) is 11.6 Å². The Labute approximate surface area is 99.7 Å². The highest BCUT2D eigenvalue weighted by Gasteiger charge is 2.52. The maximum Gasteiger partial charge on any atom is 0.315 e. The summed E-state index contributed by atoms with van der Waals surface area (Å²) in [4.78, 5) is 15.5. The van der Waals surface area contributed by atoms with E-state index in [4.69, 9.17) is 14.2 Å². The molecule has 5 nitrogen and oxygen atoms in total. The lowest BCUT2D eigenvalue weighted by Gasteiger charge is -2.13. The van der Waals surface area contributed by atoms with Crippen LogP contribution in [-0.2, 0) is 9.53 Å². The van der Waals surface area contributed by atoms with E-state index in [0.717, 1.165) is 12.8 Å². The van der Waals surface area contributed by atoms with E-state index in [1.165, 1.54) is 7.11 Å². The molecule has 1 aliphatic rings. The number of aromatic nitrogens is 1. The third-order valence-corrected chi connectivity index (χ3v) is 2.91. The highest BCUT2D eigenvalue weighted by atomic mass is 16.5. The van der Waals surface area contributed by atoms with Crippen LogP contribution in [0.4, 0.5) is 0 Å². The van der Waals surface area contributed by atoms with Gasteiger partial charge in [0.15, 0.2) is 0 Å². The van der Waals surface area contributed by atoms with Crippen molar-refractivity contribution in [1.29, 1.82) is 0 Å². The number of hydrogen-bond donors (Lipinski definition) is 0. The normalized spacial score (nSPS) is 16.1. The smallest absolute Gasteiger partial charge is 0.315 e. The van der Waals surface area contributed by atoms with Crippen LogP contribution in [0.15, 0.2) is 18.3 Å². The molecule has 1 aliphatic carbocycles. The molecular formula is C12H15NO4. The topological polar surface area (TPSA) is 57.7 Å². The predicted octanol–water partition coefficient (Wildman–Crippen LogP) is 1.42. The van der Waals surface area contributed by atoms with Gasteiger partial charge in [0, 0.05) is 6.07 Å². The highest BCUT2D eigenvalue weighted by Crippen LogP contribution is 2.46. The number of methoxy groups -OCH3 is 2. The Morgan fingerprint density at radius 1 is 1.41 bits per heavy atom. The van der Waals surface area contributed by atoms with E-state index in [1.54, 1.807) is 25.4 Å². The molecule has 0 aliphatic heterocycles. The van der Waals surface area contributed by atoms with E-state index in [9.17, 15) is 4.79 Å². The quantitative estimate of drug-likeness (QED) is 0.725. The SMILES string of the molecule is COC(=O)C1(COc2ccc(OC)nc2)CC1. The summed E-state index contributed by atoms with van der Waals surface area (Å²) < 4.78 is 15.2. The number of ether oxygens (including phenoxy) is 3. The second-order valence-electron chi connectivity index (χ2n) is 4.10. The maximum atomic E-state index is 11.5. The molecule has 92 valence electrons. The van der Waals surface area contributed by atoms with Gasteiger partial charge in [0.2, 0.25) is 5.88 Å². The average Bonchev–Trinajstić information content (AvgIpc) is 3.17. The molecular weight excluding hydrogens is 222 g/mol. The van der Waals surface area contributed by atoms with Gasteiger partial charge in [-0.1, -0.05) is 0 Å². The average molecular weight is 237 g/mol. The monoisotopic (exact) mass is 237 g/mol. The Morgan fingerprint density at radius 2 is 2.18 bits per heavy atom. The van der Waals surface area contributed by atoms with E-state index in [-0.39, 0.29) is 5.97 Å². The van der Waals surface area contributed by atoms with Gasteiger partial charge < -0.3 is 14.2 Å². The minimum Gasteiger partial charge on any atom is -0.491 e. The largest absolute Gasteiger partial charge is 0.491 e. The zero-order valence-corrected chi connectivity index (χ0v) is 9.93. The van der Waals surface area contributed by atoms with Crippen LogP contribution in [0.3, 0.4) is 0 Å². The van der Waals surface area contributed by atoms with Gasteiger partial charge >= 0.3 is 5.97 Å². The fourth-order valence-corrected chi connectivity index (χ4v) is 1.57. The first-order chi connectivity index (χ1) is 8.20. The van der Waals surface area contributed by atoms with Crippen molar-refractivity contribution < 1.29 is 19.0 Å². The molecule has 0 bridgehead atoms. The van der Waals surface area contributed by atoms with Crippen LogP contribution in [0, 0.1) is 5.41 Å². The zero-order chi connectivity index (χ0) is 12.3. The van der Waals surface area contributed by atoms with Crippen LogP contribution in [-0.4, -0.2) is 31.8 Å². The third-order valence-electron chi connectivity index (χ3n) is 2.91. The number of hydrogen-bond acceptors (Lipinski definition) is 5. The summed E-state index contributed by atoms with van der Waals surface area (Å²) in [5.41, 5.74) is -0.436. The van der Waals surface area contributed by atoms with Crippen molar-refractivity contribution in [1.82, 2.24) is 4.98 Å². The number of pyridine rings is 1. The van der Waals surface area contributed by atoms with Crippen molar-refractivity contribution in [2.45, 2.75) is 12.8 Å². The third kappa shape index (κ3) is 2.49. The number of carbonyl (C=O) groups is 1. The van der Waals surface area contributed by atoms with E-state index in [0.29, 0.717) is 18.2 Å². The molecule has 0 radical (unpaired) electrons. The van der Waals surface area contributed by atoms with Crippen molar-refractivity contribution in [2.24, 2.45) is 5.41 Å². The summed E-state index contributed by atoms with van der Waals surface area (Å²) in [5.74, 6) is 0.964. The maximum absolute atomic E-state index is 11.5. The standard InChI is InChI=1S/C12H15NO4/c1-15-10-4-3-9(7-13-10)17-8-12(5-6-12)11(14)16-2/h3-4,7H,5-6,8H2,1-2H3. The fourth-order valence-electron chi connectivity index (χ4n) is 1.57. The number of rotatable bonds is 5. The molecule has 1 saturated carbocycles. The van der Waals surface area contributed by atoms with Crippen molar-refractivity contribution in [2.75, 3.05) is 20.8 Å². The summed E-state index contributed by atoms with van der Waals surface area (Å²) in [6, 6.07) is 3.48. The second kappa shape index (κ2) is 4.61. The molecule has 0 N–H and O–H groups in total.